The zero-order valence-electron chi connectivity index (χ0n) is 9.68. The number of pyridine rings is 1. The number of nitrogens with zero attached hydrogens (tertiary/aromatic N) is 3. The summed E-state index contributed by atoms with van der Waals surface area (Å²) in [7, 11) is 0. The van der Waals surface area contributed by atoms with E-state index in [1.165, 1.54) is 18.0 Å². The molecule has 3 heterocycles. The number of carbonyl (C=O) groups is 1. The number of fused-ring (bicyclic) bond motifs is 1. The lowest BCUT2D eigenvalue weighted by Crippen LogP contribution is -1.98. The molecule has 0 saturated carbocycles. The number of aromatic nitrogens is 3. The Kier molecular flexibility index (Phi) is 2.96. The molecule has 3 rings (SSSR count). The summed E-state index contributed by atoms with van der Waals surface area (Å²) in [5.74, 6) is -0.624. The van der Waals surface area contributed by atoms with Gasteiger partial charge in [-0.15, -0.1) is 10.2 Å². The first-order valence-electron chi connectivity index (χ1n) is 5.48. The zero-order chi connectivity index (χ0) is 13.2. The zero-order valence-corrected chi connectivity index (χ0v) is 10.5. The van der Waals surface area contributed by atoms with Crippen LogP contribution in [0.25, 0.3) is 5.65 Å². The highest BCUT2D eigenvalue weighted by molar-refractivity contribution is 7.98. The Hall–Kier alpha value is -2.28. The smallest absolute Gasteiger partial charge is 0.372 e. The van der Waals surface area contributed by atoms with Crippen molar-refractivity contribution in [3.05, 3.63) is 48.0 Å². The summed E-state index contributed by atoms with van der Waals surface area (Å²) in [6.45, 7) is 0. The number of hydrogen-bond donors (Lipinski definition) is 1. The van der Waals surface area contributed by atoms with E-state index < -0.39 is 5.97 Å². The number of hydrogen-bond acceptors (Lipinski definition) is 5. The van der Waals surface area contributed by atoms with E-state index in [0.29, 0.717) is 16.5 Å². The van der Waals surface area contributed by atoms with E-state index in [9.17, 15) is 4.79 Å². The first-order chi connectivity index (χ1) is 9.25. The third kappa shape index (κ3) is 2.19. The topological polar surface area (TPSA) is 80.6 Å². The largest absolute Gasteiger partial charge is 0.475 e. The van der Waals surface area contributed by atoms with Crippen molar-refractivity contribution in [2.75, 3.05) is 0 Å². The summed E-state index contributed by atoms with van der Waals surface area (Å²) in [5, 5.41) is 17.8. The number of aromatic carboxylic acids is 1. The Morgan fingerprint density at radius 3 is 3.11 bits per heavy atom. The quantitative estimate of drug-likeness (QED) is 0.736. The van der Waals surface area contributed by atoms with Crippen LogP contribution in [0.2, 0.25) is 0 Å². The molecule has 0 atom stereocenters. The minimum atomic E-state index is -1.06. The van der Waals surface area contributed by atoms with Crippen LogP contribution in [0, 0.1) is 0 Å². The number of carboxylic acids is 1. The summed E-state index contributed by atoms with van der Waals surface area (Å²) >= 11 is 1.41. The first kappa shape index (κ1) is 11.8. The van der Waals surface area contributed by atoms with Gasteiger partial charge in [0.2, 0.25) is 5.76 Å². The first-order valence-corrected chi connectivity index (χ1v) is 6.46. The van der Waals surface area contributed by atoms with Crippen molar-refractivity contribution >= 4 is 23.4 Å². The molecule has 0 amide bonds. The Labute approximate surface area is 112 Å². The highest BCUT2D eigenvalue weighted by Gasteiger charge is 2.15. The summed E-state index contributed by atoms with van der Waals surface area (Å²) in [5.41, 5.74) is 1.39. The molecule has 0 saturated heterocycles. The average Bonchev–Trinajstić information content (AvgIpc) is 3.03. The fraction of sp³-hybridized carbons (Fsp3) is 0.0833. The van der Waals surface area contributed by atoms with Gasteiger partial charge in [0.25, 0.3) is 0 Å². The van der Waals surface area contributed by atoms with Crippen molar-refractivity contribution < 1.29 is 14.3 Å². The van der Waals surface area contributed by atoms with Crippen LogP contribution < -0.4 is 0 Å². The van der Waals surface area contributed by atoms with E-state index >= 15 is 0 Å². The van der Waals surface area contributed by atoms with E-state index in [0.717, 1.165) is 5.65 Å². The average molecular weight is 275 g/mol. The molecule has 0 radical (unpaired) electrons. The van der Waals surface area contributed by atoms with Gasteiger partial charge in [-0.2, -0.15) is 0 Å². The molecule has 0 unspecified atom stereocenters. The summed E-state index contributed by atoms with van der Waals surface area (Å²) < 4.78 is 6.78. The highest BCUT2D eigenvalue weighted by Crippen LogP contribution is 2.24. The van der Waals surface area contributed by atoms with Gasteiger partial charge < -0.3 is 9.52 Å². The van der Waals surface area contributed by atoms with Gasteiger partial charge >= 0.3 is 5.97 Å². The van der Waals surface area contributed by atoms with E-state index in [2.05, 4.69) is 10.2 Å². The van der Waals surface area contributed by atoms with Crippen molar-refractivity contribution in [2.24, 2.45) is 0 Å². The summed E-state index contributed by atoms with van der Waals surface area (Å²) in [6, 6.07) is 7.29. The molecule has 7 heteroatoms. The van der Waals surface area contributed by atoms with Crippen LogP contribution >= 0.6 is 11.8 Å². The van der Waals surface area contributed by atoms with E-state index in [1.54, 1.807) is 6.07 Å². The van der Waals surface area contributed by atoms with Crippen LogP contribution in [0.15, 0.2) is 46.3 Å². The normalized spacial score (nSPS) is 10.9. The van der Waals surface area contributed by atoms with Crippen LogP contribution in [-0.2, 0) is 5.75 Å². The Morgan fingerprint density at radius 1 is 1.37 bits per heavy atom. The molecular formula is C12H9N3O3S. The van der Waals surface area contributed by atoms with Crippen LogP contribution in [0.3, 0.4) is 0 Å². The van der Waals surface area contributed by atoms with Crippen molar-refractivity contribution in [1.82, 2.24) is 14.6 Å². The molecule has 3 aromatic heterocycles. The predicted octanol–water partition coefficient (Wildman–Crippen LogP) is 2.31. The molecule has 0 aromatic carbocycles. The molecule has 0 bridgehead atoms. The lowest BCUT2D eigenvalue weighted by molar-refractivity contribution is 0.0661. The van der Waals surface area contributed by atoms with Gasteiger partial charge in [0, 0.05) is 17.5 Å². The number of thioether (sulfide) groups is 1. The number of rotatable bonds is 4. The minimum Gasteiger partial charge on any atom is -0.475 e. The molecule has 1 N–H and O–H groups in total. The SMILES string of the molecule is O=C(O)c1occc1CSc1nnc2ccccn12. The predicted molar refractivity (Wildman–Crippen MR) is 68.2 cm³/mol. The van der Waals surface area contributed by atoms with Gasteiger partial charge in [-0.05, 0) is 18.2 Å². The minimum absolute atomic E-state index is 0.0266. The summed E-state index contributed by atoms with van der Waals surface area (Å²) in [6.07, 6.45) is 3.24. The van der Waals surface area contributed by atoms with Crippen molar-refractivity contribution in [3.8, 4) is 0 Å². The molecule has 0 fully saturated rings. The summed E-state index contributed by atoms with van der Waals surface area (Å²) in [4.78, 5) is 10.9. The highest BCUT2D eigenvalue weighted by atomic mass is 32.2. The van der Waals surface area contributed by atoms with Crippen molar-refractivity contribution in [3.63, 3.8) is 0 Å². The van der Waals surface area contributed by atoms with Gasteiger partial charge in [0.1, 0.15) is 0 Å². The van der Waals surface area contributed by atoms with Gasteiger partial charge in [-0.3, -0.25) is 4.40 Å². The van der Waals surface area contributed by atoms with Gasteiger partial charge in [-0.25, -0.2) is 4.79 Å². The van der Waals surface area contributed by atoms with E-state index in [-0.39, 0.29) is 5.76 Å². The third-order valence-corrected chi connectivity index (χ3v) is 3.57. The maximum atomic E-state index is 10.9. The second-order valence-electron chi connectivity index (χ2n) is 3.78. The van der Waals surface area contributed by atoms with Crippen LogP contribution in [0.1, 0.15) is 16.1 Å². The van der Waals surface area contributed by atoms with Gasteiger partial charge in [0.05, 0.1) is 6.26 Å². The maximum absolute atomic E-state index is 10.9. The molecule has 0 aliphatic carbocycles. The molecular weight excluding hydrogens is 266 g/mol. The van der Waals surface area contributed by atoms with Crippen LogP contribution in [0.4, 0.5) is 0 Å². The molecule has 3 aromatic rings. The van der Waals surface area contributed by atoms with E-state index in [4.69, 9.17) is 9.52 Å². The molecule has 6 nitrogen and oxygen atoms in total. The Balaban J connectivity index is 1.83. The molecule has 0 aliphatic heterocycles. The fourth-order valence-corrected chi connectivity index (χ4v) is 2.60. The van der Waals surface area contributed by atoms with Crippen LogP contribution in [-0.4, -0.2) is 25.7 Å². The van der Waals surface area contributed by atoms with Gasteiger partial charge in [0.15, 0.2) is 10.8 Å². The number of furan rings is 1. The van der Waals surface area contributed by atoms with Crippen molar-refractivity contribution in [1.29, 1.82) is 0 Å². The fourth-order valence-electron chi connectivity index (χ4n) is 1.70. The lowest BCUT2D eigenvalue weighted by Gasteiger charge is -1.99. The number of carboxylic acid groups (broad SMARTS) is 1. The van der Waals surface area contributed by atoms with Crippen molar-refractivity contribution in [2.45, 2.75) is 10.9 Å². The third-order valence-electron chi connectivity index (χ3n) is 2.58. The maximum Gasteiger partial charge on any atom is 0.372 e. The standard InChI is InChI=1S/C12H9N3O3S/c16-11(17)10-8(4-6-18-10)7-19-12-14-13-9-3-1-2-5-15(9)12/h1-6H,7H2,(H,16,17). The van der Waals surface area contributed by atoms with Crippen LogP contribution in [0.5, 0.6) is 0 Å². The van der Waals surface area contributed by atoms with Gasteiger partial charge in [-0.1, -0.05) is 17.8 Å². The second kappa shape index (κ2) is 4.77. The monoisotopic (exact) mass is 275 g/mol. The Morgan fingerprint density at radius 2 is 2.26 bits per heavy atom. The molecule has 96 valence electrons. The molecule has 19 heavy (non-hydrogen) atoms. The molecule has 0 aliphatic rings. The molecule has 0 spiro atoms. The Bertz CT molecular complexity index is 734. The lowest BCUT2D eigenvalue weighted by atomic mass is 10.3. The second-order valence-corrected chi connectivity index (χ2v) is 4.72. The van der Waals surface area contributed by atoms with E-state index in [1.807, 2.05) is 28.8 Å².